The van der Waals surface area contributed by atoms with Crippen molar-refractivity contribution in [2.45, 2.75) is 17.9 Å². The molecule has 0 bridgehead atoms. The molecule has 3 rings (SSSR count). The average molecular weight is 365 g/mol. The summed E-state index contributed by atoms with van der Waals surface area (Å²) in [6, 6.07) is 4.04. The SMILES string of the molecule is Cc1cc(NC(=O)N2CCOCC2c2ncn[nH]2)ccc1S(C)(=O)=O. The summed E-state index contributed by atoms with van der Waals surface area (Å²) in [4.78, 5) is 18.6. The topological polar surface area (TPSA) is 117 Å². The lowest BCUT2D eigenvalue weighted by Crippen LogP contribution is -2.45. The molecule has 134 valence electrons. The minimum atomic E-state index is -3.30. The Bertz CT molecular complexity index is 866. The molecular formula is C15H19N5O4S. The van der Waals surface area contributed by atoms with Crippen LogP contribution in [0.15, 0.2) is 29.4 Å². The van der Waals surface area contributed by atoms with Crippen molar-refractivity contribution in [1.29, 1.82) is 0 Å². The van der Waals surface area contributed by atoms with Gasteiger partial charge < -0.3 is 15.0 Å². The number of carbonyl (C=O) groups excluding carboxylic acids is 1. The fraction of sp³-hybridized carbons (Fsp3) is 0.400. The Labute approximate surface area is 145 Å². The van der Waals surface area contributed by atoms with Crippen molar-refractivity contribution in [3.63, 3.8) is 0 Å². The molecule has 9 nitrogen and oxygen atoms in total. The van der Waals surface area contributed by atoms with Crippen LogP contribution in [0, 0.1) is 6.92 Å². The minimum Gasteiger partial charge on any atom is -0.377 e. The number of nitrogens with one attached hydrogen (secondary N) is 2. The molecule has 1 saturated heterocycles. The van der Waals surface area contributed by atoms with Crippen molar-refractivity contribution in [2.24, 2.45) is 0 Å². The lowest BCUT2D eigenvalue weighted by molar-refractivity contribution is 0.0118. The van der Waals surface area contributed by atoms with Crippen molar-refractivity contribution in [3.05, 3.63) is 35.9 Å². The summed E-state index contributed by atoms with van der Waals surface area (Å²) < 4.78 is 28.8. The Kier molecular flexibility index (Phi) is 4.73. The number of sulfone groups is 1. The van der Waals surface area contributed by atoms with Crippen LogP contribution in [0.5, 0.6) is 0 Å². The van der Waals surface area contributed by atoms with Gasteiger partial charge in [0, 0.05) is 18.5 Å². The second kappa shape index (κ2) is 6.81. The van der Waals surface area contributed by atoms with Crippen LogP contribution >= 0.6 is 0 Å². The number of morpholine rings is 1. The van der Waals surface area contributed by atoms with Gasteiger partial charge in [-0.05, 0) is 30.7 Å². The van der Waals surface area contributed by atoms with Gasteiger partial charge in [-0.15, -0.1) is 0 Å². The van der Waals surface area contributed by atoms with Gasteiger partial charge >= 0.3 is 6.03 Å². The number of hydrogen-bond acceptors (Lipinski definition) is 6. The number of urea groups is 1. The third-order valence-electron chi connectivity index (χ3n) is 3.96. The first-order valence-corrected chi connectivity index (χ1v) is 9.57. The number of anilines is 1. The smallest absolute Gasteiger partial charge is 0.322 e. The number of hydrogen-bond donors (Lipinski definition) is 2. The van der Waals surface area contributed by atoms with E-state index in [0.29, 0.717) is 36.8 Å². The summed E-state index contributed by atoms with van der Waals surface area (Å²) in [5.41, 5.74) is 1.10. The summed E-state index contributed by atoms with van der Waals surface area (Å²) in [5.74, 6) is 0.554. The fourth-order valence-electron chi connectivity index (χ4n) is 2.79. The van der Waals surface area contributed by atoms with Crippen molar-refractivity contribution >= 4 is 21.6 Å². The summed E-state index contributed by atoms with van der Waals surface area (Å²) in [6.07, 6.45) is 2.54. The molecule has 1 aliphatic heterocycles. The number of carbonyl (C=O) groups is 1. The molecule has 1 unspecified atom stereocenters. The number of benzene rings is 1. The van der Waals surface area contributed by atoms with Crippen LogP contribution in [0.2, 0.25) is 0 Å². The Morgan fingerprint density at radius 3 is 2.88 bits per heavy atom. The molecule has 2 aromatic rings. The van der Waals surface area contributed by atoms with Gasteiger partial charge in [0.05, 0.1) is 18.1 Å². The fourth-order valence-corrected chi connectivity index (χ4v) is 3.75. The normalized spacial score (nSPS) is 18.2. The molecule has 0 aliphatic carbocycles. The highest BCUT2D eigenvalue weighted by Crippen LogP contribution is 2.24. The maximum atomic E-state index is 12.6. The second-order valence-corrected chi connectivity index (χ2v) is 7.82. The van der Waals surface area contributed by atoms with E-state index in [1.807, 2.05) is 0 Å². The van der Waals surface area contributed by atoms with Crippen LogP contribution in [0.4, 0.5) is 10.5 Å². The number of amides is 2. The monoisotopic (exact) mass is 365 g/mol. The number of ether oxygens (including phenoxy) is 1. The van der Waals surface area contributed by atoms with E-state index in [-0.39, 0.29) is 17.0 Å². The predicted octanol–water partition coefficient (Wildman–Crippen LogP) is 1.12. The molecule has 2 N–H and O–H groups in total. The van der Waals surface area contributed by atoms with E-state index in [2.05, 4.69) is 20.5 Å². The van der Waals surface area contributed by atoms with Crippen molar-refractivity contribution in [1.82, 2.24) is 20.1 Å². The zero-order valence-corrected chi connectivity index (χ0v) is 14.7. The molecule has 10 heteroatoms. The minimum absolute atomic E-state index is 0.247. The lowest BCUT2D eigenvalue weighted by atomic mass is 10.2. The average Bonchev–Trinajstić information content (AvgIpc) is 3.08. The number of aromatic amines is 1. The van der Waals surface area contributed by atoms with Gasteiger partial charge in [-0.3, -0.25) is 5.10 Å². The van der Waals surface area contributed by atoms with Crippen LogP contribution in [0.1, 0.15) is 17.4 Å². The zero-order valence-electron chi connectivity index (χ0n) is 13.9. The van der Waals surface area contributed by atoms with Gasteiger partial charge in [0.1, 0.15) is 18.2 Å². The van der Waals surface area contributed by atoms with Gasteiger partial charge in [0.25, 0.3) is 0 Å². The van der Waals surface area contributed by atoms with E-state index in [9.17, 15) is 13.2 Å². The molecule has 1 fully saturated rings. The molecule has 2 heterocycles. The summed E-state index contributed by atoms with van der Waals surface area (Å²) in [7, 11) is -3.30. The molecule has 1 aliphatic rings. The molecule has 0 saturated carbocycles. The van der Waals surface area contributed by atoms with Gasteiger partial charge in [-0.1, -0.05) is 0 Å². The molecule has 1 aromatic carbocycles. The maximum absolute atomic E-state index is 12.6. The highest BCUT2D eigenvalue weighted by atomic mass is 32.2. The highest BCUT2D eigenvalue weighted by molar-refractivity contribution is 7.90. The van der Waals surface area contributed by atoms with E-state index in [1.165, 1.54) is 12.4 Å². The molecule has 25 heavy (non-hydrogen) atoms. The van der Waals surface area contributed by atoms with Crippen molar-refractivity contribution in [2.75, 3.05) is 31.3 Å². The van der Waals surface area contributed by atoms with Gasteiger partial charge in [-0.2, -0.15) is 5.10 Å². The summed E-state index contributed by atoms with van der Waals surface area (Å²) >= 11 is 0. The number of nitrogens with zero attached hydrogens (tertiary/aromatic N) is 3. The Morgan fingerprint density at radius 2 is 2.24 bits per heavy atom. The van der Waals surface area contributed by atoms with Crippen LogP contribution in [0.3, 0.4) is 0 Å². The number of rotatable bonds is 3. The molecular weight excluding hydrogens is 346 g/mol. The van der Waals surface area contributed by atoms with E-state index in [1.54, 1.807) is 24.0 Å². The Hall–Kier alpha value is -2.46. The number of aromatic nitrogens is 3. The molecule has 1 atom stereocenters. The highest BCUT2D eigenvalue weighted by Gasteiger charge is 2.30. The van der Waals surface area contributed by atoms with Crippen LogP contribution < -0.4 is 5.32 Å². The van der Waals surface area contributed by atoms with Crippen LogP contribution in [0.25, 0.3) is 0 Å². The standard InChI is InChI=1S/C15H19N5O4S/c1-10-7-11(3-4-13(10)25(2,22)23)18-15(21)20-5-6-24-8-12(20)14-16-9-17-19-14/h3-4,7,9,12H,5-6,8H2,1-2H3,(H,18,21)(H,16,17,19). The maximum Gasteiger partial charge on any atom is 0.322 e. The largest absolute Gasteiger partial charge is 0.377 e. The molecule has 1 aromatic heterocycles. The summed E-state index contributed by atoms with van der Waals surface area (Å²) in [6.45, 7) is 2.87. The first-order valence-electron chi connectivity index (χ1n) is 7.67. The van der Waals surface area contributed by atoms with E-state index in [0.717, 1.165) is 6.26 Å². The predicted molar refractivity (Wildman–Crippen MR) is 90.0 cm³/mol. The molecule has 2 amide bonds. The first-order chi connectivity index (χ1) is 11.9. The van der Waals surface area contributed by atoms with Crippen molar-refractivity contribution < 1.29 is 17.9 Å². The van der Waals surface area contributed by atoms with E-state index in [4.69, 9.17) is 4.74 Å². The third kappa shape index (κ3) is 3.80. The first kappa shape index (κ1) is 17.4. The second-order valence-electron chi connectivity index (χ2n) is 5.84. The van der Waals surface area contributed by atoms with Crippen LogP contribution in [-0.2, 0) is 14.6 Å². The molecule has 0 radical (unpaired) electrons. The van der Waals surface area contributed by atoms with Crippen LogP contribution in [-0.4, -0.2) is 60.5 Å². The Balaban J connectivity index is 1.78. The number of H-pyrrole nitrogens is 1. The number of aryl methyl sites for hydroxylation is 1. The quantitative estimate of drug-likeness (QED) is 0.842. The zero-order chi connectivity index (χ0) is 18.0. The van der Waals surface area contributed by atoms with E-state index < -0.39 is 9.84 Å². The third-order valence-corrected chi connectivity index (χ3v) is 5.22. The van der Waals surface area contributed by atoms with E-state index >= 15 is 0 Å². The lowest BCUT2D eigenvalue weighted by Gasteiger charge is -2.34. The van der Waals surface area contributed by atoms with Gasteiger partial charge in [0.15, 0.2) is 9.84 Å². The van der Waals surface area contributed by atoms with Gasteiger partial charge in [0.2, 0.25) is 0 Å². The van der Waals surface area contributed by atoms with Crippen molar-refractivity contribution in [3.8, 4) is 0 Å². The summed E-state index contributed by atoms with van der Waals surface area (Å²) in [5, 5.41) is 9.37. The Morgan fingerprint density at radius 1 is 1.44 bits per heavy atom. The van der Waals surface area contributed by atoms with Gasteiger partial charge in [-0.25, -0.2) is 18.2 Å². The molecule has 0 spiro atoms.